The van der Waals surface area contributed by atoms with Gasteiger partial charge in [0.1, 0.15) is 0 Å². The molecule has 8 atom stereocenters. The van der Waals surface area contributed by atoms with Gasteiger partial charge in [0.05, 0.1) is 17.5 Å². The SMILES string of the molecule is Cn1c(=O)n2n(c1=O)[C@@H]1[C@H]3[C@@H]4[C@@H]3[C@@H]2[C@]23CC=CC(=O)[C@]12[C@H]43. The van der Waals surface area contributed by atoms with Gasteiger partial charge in [-0.05, 0) is 36.2 Å². The van der Waals surface area contributed by atoms with Crippen molar-refractivity contribution in [1.29, 1.82) is 0 Å². The first-order valence-electron chi connectivity index (χ1n) is 7.71. The van der Waals surface area contributed by atoms with Gasteiger partial charge in [-0.2, -0.15) is 0 Å². The summed E-state index contributed by atoms with van der Waals surface area (Å²) in [5.74, 6) is 2.24. The second kappa shape index (κ2) is 2.21. The molecule has 6 heteroatoms. The van der Waals surface area contributed by atoms with Gasteiger partial charge >= 0.3 is 11.4 Å². The number of carbonyl (C=O) groups excluding carboxylic acids is 1. The first-order chi connectivity index (χ1) is 10.1. The molecule has 1 aromatic heterocycles. The number of rotatable bonds is 0. The molecule has 3 heterocycles. The Balaban J connectivity index is 1.70. The maximum absolute atomic E-state index is 12.7. The Morgan fingerprint density at radius 2 is 1.71 bits per heavy atom. The normalized spacial score (nSPS) is 58.2. The van der Waals surface area contributed by atoms with Crippen molar-refractivity contribution in [2.75, 3.05) is 0 Å². The molecule has 6 nitrogen and oxygen atoms in total. The molecular weight excluding hydrogens is 270 g/mol. The van der Waals surface area contributed by atoms with Crippen molar-refractivity contribution in [2.45, 2.75) is 18.5 Å². The van der Waals surface area contributed by atoms with Crippen LogP contribution >= 0.6 is 0 Å². The minimum atomic E-state index is -0.339. The van der Waals surface area contributed by atoms with E-state index in [0.29, 0.717) is 23.7 Å². The minimum Gasteiger partial charge on any atom is -0.294 e. The van der Waals surface area contributed by atoms with Gasteiger partial charge in [-0.3, -0.25) is 4.79 Å². The number of hydrogen-bond acceptors (Lipinski definition) is 3. The molecule has 106 valence electrons. The fourth-order valence-corrected chi connectivity index (χ4v) is 7.73. The topological polar surface area (TPSA) is 66.0 Å². The van der Waals surface area contributed by atoms with Gasteiger partial charge in [-0.1, -0.05) is 6.08 Å². The number of hydrogen-bond donors (Lipinski definition) is 0. The lowest BCUT2D eigenvalue weighted by molar-refractivity contribution is -0.129. The van der Waals surface area contributed by atoms with E-state index in [-0.39, 0.29) is 40.1 Å². The van der Waals surface area contributed by atoms with Gasteiger partial charge in [0, 0.05) is 12.5 Å². The molecule has 2 aliphatic heterocycles. The first kappa shape index (κ1) is 9.97. The zero-order valence-electron chi connectivity index (χ0n) is 11.4. The molecule has 4 saturated carbocycles. The Hall–Kier alpha value is -1.85. The van der Waals surface area contributed by atoms with E-state index in [1.165, 1.54) is 4.57 Å². The zero-order valence-corrected chi connectivity index (χ0v) is 11.4. The summed E-state index contributed by atoms with van der Waals surface area (Å²) in [4.78, 5) is 37.8. The first-order valence-corrected chi connectivity index (χ1v) is 7.71. The Morgan fingerprint density at radius 1 is 1.05 bits per heavy atom. The summed E-state index contributed by atoms with van der Waals surface area (Å²) in [7, 11) is 1.55. The molecule has 0 unspecified atom stereocenters. The van der Waals surface area contributed by atoms with Gasteiger partial charge in [0.2, 0.25) is 0 Å². The highest BCUT2D eigenvalue weighted by atomic mass is 16.2. The third-order valence-electron chi connectivity index (χ3n) is 7.89. The predicted molar refractivity (Wildman–Crippen MR) is 69.6 cm³/mol. The molecule has 2 bridgehead atoms. The van der Waals surface area contributed by atoms with Crippen molar-refractivity contribution in [1.82, 2.24) is 13.9 Å². The minimum absolute atomic E-state index is 0.0365. The summed E-state index contributed by atoms with van der Waals surface area (Å²) < 4.78 is 4.60. The average Bonchev–Trinajstić information content (AvgIpc) is 3.25. The summed E-state index contributed by atoms with van der Waals surface area (Å²) in [5, 5.41) is 0. The monoisotopic (exact) mass is 283 g/mol. The molecule has 4 fully saturated rings. The quantitative estimate of drug-likeness (QED) is 0.642. The van der Waals surface area contributed by atoms with E-state index < -0.39 is 0 Å². The second-order valence-electron chi connectivity index (χ2n) is 7.79. The van der Waals surface area contributed by atoms with Crippen molar-refractivity contribution in [3.05, 3.63) is 33.1 Å². The van der Waals surface area contributed by atoms with Crippen LogP contribution in [-0.2, 0) is 11.8 Å². The van der Waals surface area contributed by atoms with E-state index >= 15 is 0 Å². The standard InChI is InChI=1S/C15H13N3O3/c1-16-12(20)17-10-7-6-8(7)11(18(17)13(16)21)15-5(19)3-2-4-14(10,15)9(6)15/h2-3,6-11H,4H2,1H3/t6-,7-,8-,9+,10+,11+,14+,15-/m0/s1. The molecule has 5 aliphatic carbocycles. The molecule has 0 saturated heterocycles. The molecule has 21 heavy (non-hydrogen) atoms. The number of carbonyl (C=O) groups is 1. The van der Waals surface area contributed by atoms with Crippen LogP contribution in [0.5, 0.6) is 0 Å². The number of allylic oxidation sites excluding steroid dienone is 2. The molecule has 0 radical (unpaired) electrons. The van der Waals surface area contributed by atoms with Crippen LogP contribution in [0.3, 0.4) is 0 Å². The largest absolute Gasteiger partial charge is 0.347 e. The maximum atomic E-state index is 12.7. The van der Waals surface area contributed by atoms with Crippen molar-refractivity contribution < 1.29 is 4.79 Å². The summed E-state index contributed by atoms with van der Waals surface area (Å²) >= 11 is 0. The third-order valence-corrected chi connectivity index (χ3v) is 7.89. The van der Waals surface area contributed by atoms with Crippen molar-refractivity contribution in [2.24, 2.45) is 41.5 Å². The molecule has 0 N–H and O–H groups in total. The Kier molecular flexibility index (Phi) is 1.05. The van der Waals surface area contributed by atoms with E-state index in [1.54, 1.807) is 22.5 Å². The van der Waals surface area contributed by atoms with Crippen LogP contribution in [0.4, 0.5) is 0 Å². The highest BCUT2D eigenvalue weighted by molar-refractivity contribution is 6.02. The van der Waals surface area contributed by atoms with Crippen molar-refractivity contribution >= 4 is 5.78 Å². The summed E-state index contributed by atoms with van der Waals surface area (Å²) in [5.41, 5.74) is -0.812. The second-order valence-corrected chi connectivity index (χ2v) is 7.79. The lowest BCUT2D eigenvalue weighted by Crippen LogP contribution is -2.55. The maximum Gasteiger partial charge on any atom is 0.347 e. The van der Waals surface area contributed by atoms with Crippen LogP contribution in [0.25, 0.3) is 0 Å². The fraction of sp³-hybridized carbons (Fsp3) is 0.667. The molecule has 0 amide bonds. The Labute approximate surface area is 118 Å². The van der Waals surface area contributed by atoms with E-state index in [4.69, 9.17) is 0 Å². The summed E-state index contributed by atoms with van der Waals surface area (Å²) in [6, 6.07) is 0.0270. The fourth-order valence-electron chi connectivity index (χ4n) is 7.73. The van der Waals surface area contributed by atoms with Gasteiger partial charge in [0.25, 0.3) is 0 Å². The molecule has 8 rings (SSSR count). The lowest BCUT2D eigenvalue weighted by Gasteiger charge is -2.48. The highest BCUT2D eigenvalue weighted by Crippen LogP contribution is 3.03. The number of nitrogens with zero attached hydrogens (tertiary/aromatic N) is 3. The number of aromatic nitrogens is 3. The van der Waals surface area contributed by atoms with Crippen LogP contribution in [-0.4, -0.2) is 19.7 Å². The van der Waals surface area contributed by atoms with E-state index in [9.17, 15) is 14.4 Å². The van der Waals surface area contributed by atoms with E-state index in [2.05, 4.69) is 0 Å². The van der Waals surface area contributed by atoms with Crippen LogP contribution in [0.2, 0.25) is 0 Å². The summed E-state index contributed by atoms with van der Waals surface area (Å²) in [6.07, 6.45) is 4.63. The smallest absolute Gasteiger partial charge is 0.294 e. The Bertz CT molecular complexity index is 964. The van der Waals surface area contributed by atoms with Crippen LogP contribution in [0.1, 0.15) is 18.5 Å². The highest BCUT2D eigenvalue weighted by Gasteiger charge is 3.04. The van der Waals surface area contributed by atoms with E-state index in [1.807, 2.05) is 6.08 Å². The van der Waals surface area contributed by atoms with Crippen LogP contribution in [0.15, 0.2) is 21.7 Å². The lowest BCUT2D eigenvalue weighted by atomic mass is 9.66. The van der Waals surface area contributed by atoms with Crippen LogP contribution < -0.4 is 11.4 Å². The Morgan fingerprint density at radius 3 is 2.48 bits per heavy atom. The van der Waals surface area contributed by atoms with Gasteiger partial charge < -0.3 is 0 Å². The van der Waals surface area contributed by atoms with Gasteiger partial charge in [0.15, 0.2) is 5.78 Å². The molecule has 1 aromatic rings. The molecule has 2 spiro atoms. The summed E-state index contributed by atoms with van der Waals surface area (Å²) in [6.45, 7) is 0. The van der Waals surface area contributed by atoms with Gasteiger partial charge in [-0.25, -0.2) is 23.5 Å². The molecule has 7 aliphatic rings. The average molecular weight is 283 g/mol. The number of ketones is 1. The van der Waals surface area contributed by atoms with Gasteiger partial charge in [-0.15, -0.1) is 0 Å². The van der Waals surface area contributed by atoms with Crippen molar-refractivity contribution in [3.63, 3.8) is 0 Å². The molecular formula is C15H13N3O3. The third kappa shape index (κ3) is 0.557. The predicted octanol–water partition coefficient (Wildman–Crippen LogP) is -0.535. The van der Waals surface area contributed by atoms with Crippen LogP contribution in [0, 0.1) is 34.5 Å². The zero-order chi connectivity index (χ0) is 14.0. The van der Waals surface area contributed by atoms with Crippen molar-refractivity contribution in [3.8, 4) is 0 Å². The molecule has 0 aromatic carbocycles. The van der Waals surface area contributed by atoms with E-state index in [0.717, 1.165) is 6.42 Å².